The van der Waals surface area contributed by atoms with Crippen molar-refractivity contribution in [2.75, 3.05) is 0 Å². The minimum Gasteiger partial charge on any atom is -0.481 e. The Morgan fingerprint density at radius 3 is 1.48 bits per heavy atom. The summed E-state index contributed by atoms with van der Waals surface area (Å²) in [6, 6.07) is 0. The summed E-state index contributed by atoms with van der Waals surface area (Å²) < 4.78 is 0. The summed E-state index contributed by atoms with van der Waals surface area (Å²) in [5, 5.41) is 8.56. The van der Waals surface area contributed by atoms with Gasteiger partial charge < -0.3 is 5.11 Å². The second kappa shape index (κ2) is 22.0. The minimum absolute atomic E-state index is 0.326. The van der Waals surface area contributed by atoms with Crippen LogP contribution in [-0.2, 0) is 4.79 Å². The first kappa shape index (κ1) is 24.9. The van der Waals surface area contributed by atoms with Crippen LogP contribution in [0.4, 0.5) is 0 Å². The number of hydrogen-bond donors (Lipinski definition) is 1. The van der Waals surface area contributed by atoms with Crippen molar-refractivity contribution in [1.29, 1.82) is 0 Å². The van der Waals surface area contributed by atoms with Crippen molar-refractivity contribution in [3.05, 3.63) is 73.4 Å². The molecule has 0 aromatic heterocycles. The van der Waals surface area contributed by atoms with E-state index in [0.717, 1.165) is 19.3 Å². The lowest BCUT2D eigenvalue weighted by Gasteiger charge is -2.01. The molecule has 2 heteroatoms. The zero-order valence-electron chi connectivity index (χ0n) is 16.9. The van der Waals surface area contributed by atoms with Crippen LogP contribution >= 0.6 is 0 Å². The largest absolute Gasteiger partial charge is 0.481 e. The Kier molecular flexibility index (Phi) is 20.3. The van der Waals surface area contributed by atoms with E-state index in [-0.39, 0.29) is 0 Å². The number of aliphatic carboxylic acids is 1. The molecule has 0 bridgehead atoms. The van der Waals surface area contributed by atoms with Gasteiger partial charge in [0.25, 0.3) is 0 Å². The van der Waals surface area contributed by atoms with Gasteiger partial charge in [-0.3, -0.25) is 4.79 Å². The van der Waals surface area contributed by atoms with Crippen molar-refractivity contribution in [2.24, 2.45) is 0 Å². The van der Waals surface area contributed by atoms with E-state index >= 15 is 0 Å². The molecule has 150 valence electrons. The van der Waals surface area contributed by atoms with E-state index in [9.17, 15) is 4.79 Å². The molecule has 27 heavy (non-hydrogen) atoms. The Hall–Kier alpha value is -2.09. The second-order valence-electron chi connectivity index (χ2n) is 6.67. The molecule has 0 saturated heterocycles. The van der Waals surface area contributed by atoms with Gasteiger partial charge >= 0.3 is 5.97 Å². The Bertz CT molecular complexity index is 492. The van der Waals surface area contributed by atoms with E-state index in [0.29, 0.717) is 6.42 Å². The molecule has 2 nitrogen and oxygen atoms in total. The molecule has 0 rings (SSSR count). The van der Waals surface area contributed by atoms with E-state index < -0.39 is 5.97 Å². The van der Waals surface area contributed by atoms with Gasteiger partial charge in [0, 0.05) is 6.42 Å². The van der Waals surface area contributed by atoms with Crippen LogP contribution in [0.25, 0.3) is 0 Å². The summed E-state index contributed by atoms with van der Waals surface area (Å²) in [4.78, 5) is 10.4. The van der Waals surface area contributed by atoms with Crippen LogP contribution in [0.2, 0.25) is 0 Å². The van der Waals surface area contributed by atoms with Crippen LogP contribution in [0.1, 0.15) is 77.0 Å². The topological polar surface area (TPSA) is 37.3 Å². The average molecular weight is 371 g/mol. The summed E-state index contributed by atoms with van der Waals surface area (Å²) in [6.07, 6.45) is 35.8. The molecule has 0 amide bonds. The lowest BCUT2D eigenvalue weighted by molar-refractivity contribution is -0.137. The van der Waals surface area contributed by atoms with Crippen LogP contribution in [0.5, 0.6) is 0 Å². The number of carboxylic acid groups (broad SMARTS) is 1. The Morgan fingerprint density at radius 2 is 1.00 bits per heavy atom. The number of carbonyl (C=O) groups is 1. The lowest BCUT2D eigenvalue weighted by atomic mass is 10.1. The fourth-order valence-electron chi connectivity index (χ4n) is 2.66. The molecule has 0 aromatic carbocycles. The Labute approximate surface area is 166 Å². The molecule has 0 fully saturated rings. The summed E-state index contributed by atoms with van der Waals surface area (Å²) in [6.45, 7) is 3.62. The first-order valence-electron chi connectivity index (χ1n) is 10.4. The highest BCUT2D eigenvalue weighted by Crippen LogP contribution is 2.12. The number of unbranched alkanes of at least 4 members (excludes halogenated alkanes) is 10. The lowest BCUT2D eigenvalue weighted by Crippen LogP contribution is -1.93. The third kappa shape index (κ3) is 23.9. The molecule has 0 aromatic rings. The number of allylic oxidation sites excluding steroid dienone is 11. The standard InChI is InChI=1S/C25H38O2/c1-2-3-4-5-6-7-8-9-10-11-12-13-14-15-16-17-18-19-20-21-22-23-24-25(26)27/h2-12H,1,13-24H2,(H,26,27). The number of hydrogen-bond acceptors (Lipinski definition) is 1. The molecule has 0 radical (unpaired) electrons. The van der Waals surface area contributed by atoms with E-state index in [2.05, 4.69) is 24.8 Å². The van der Waals surface area contributed by atoms with E-state index in [1.807, 2.05) is 42.5 Å². The maximum absolute atomic E-state index is 10.4. The van der Waals surface area contributed by atoms with Crippen LogP contribution in [0.3, 0.4) is 0 Å². The molecule has 0 atom stereocenters. The molecular formula is C25H38O2. The molecule has 0 unspecified atom stereocenters. The molecule has 0 aliphatic carbocycles. The molecule has 0 spiro atoms. The highest BCUT2D eigenvalue weighted by atomic mass is 16.4. The molecule has 0 heterocycles. The van der Waals surface area contributed by atoms with Crippen LogP contribution < -0.4 is 0 Å². The van der Waals surface area contributed by atoms with Gasteiger partial charge in [0.15, 0.2) is 0 Å². The third-order valence-corrected chi connectivity index (χ3v) is 4.17. The smallest absolute Gasteiger partial charge is 0.303 e. The fraction of sp³-hybridized carbons (Fsp3) is 0.480. The fourth-order valence-corrected chi connectivity index (χ4v) is 2.66. The zero-order valence-corrected chi connectivity index (χ0v) is 16.9. The Balaban J connectivity index is 3.33. The van der Waals surface area contributed by atoms with Gasteiger partial charge in [0.05, 0.1) is 0 Å². The van der Waals surface area contributed by atoms with Crippen molar-refractivity contribution < 1.29 is 9.90 Å². The maximum Gasteiger partial charge on any atom is 0.303 e. The van der Waals surface area contributed by atoms with Gasteiger partial charge in [-0.15, -0.1) is 0 Å². The highest BCUT2D eigenvalue weighted by Gasteiger charge is 1.96. The molecule has 0 aliphatic heterocycles. The third-order valence-electron chi connectivity index (χ3n) is 4.17. The molecule has 1 N–H and O–H groups in total. The van der Waals surface area contributed by atoms with Crippen molar-refractivity contribution in [1.82, 2.24) is 0 Å². The summed E-state index contributed by atoms with van der Waals surface area (Å²) in [7, 11) is 0. The van der Waals surface area contributed by atoms with Crippen LogP contribution in [-0.4, -0.2) is 11.1 Å². The van der Waals surface area contributed by atoms with Gasteiger partial charge in [-0.2, -0.15) is 0 Å². The summed E-state index contributed by atoms with van der Waals surface area (Å²) in [5.41, 5.74) is 0. The Morgan fingerprint density at radius 1 is 0.593 bits per heavy atom. The monoisotopic (exact) mass is 370 g/mol. The van der Waals surface area contributed by atoms with Crippen LogP contribution in [0.15, 0.2) is 73.4 Å². The molecule has 0 saturated carbocycles. The van der Waals surface area contributed by atoms with Gasteiger partial charge in [0.2, 0.25) is 0 Å². The quantitative estimate of drug-likeness (QED) is 0.198. The number of rotatable bonds is 18. The predicted molar refractivity (Wildman–Crippen MR) is 119 cm³/mol. The molecule has 0 aliphatic rings. The SMILES string of the molecule is C=CC=CC=CC=CC=CC=CCCCCCCCCCCCCC(=O)O. The first-order valence-corrected chi connectivity index (χ1v) is 10.4. The predicted octanol–water partition coefficient (Wildman–Crippen LogP) is 7.72. The minimum atomic E-state index is -0.668. The normalized spacial score (nSPS) is 12.4. The van der Waals surface area contributed by atoms with Gasteiger partial charge in [-0.1, -0.05) is 125 Å². The number of carboxylic acids is 1. The zero-order chi connectivity index (χ0) is 19.8. The van der Waals surface area contributed by atoms with Gasteiger partial charge in [0.1, 0.15) is 0 Å². The van der Waals surface area contributed by atoms with Crippen molar-refractivity contribution in [3.8, 4) is 0 Å². The van der Waals surface area contributed by atoms with Crippen molar-refractivity contribution in [2.45, 2.75) is 77.0 Å². The van der Waals surface area contributed by atoms with Crippen molar-refractivity contribution in [3.63, 3.8) is 0 Å². The van der Waals surface area contributed by atoms with E-state index in [4.69, 9.17) is 5.11 Å². The second-order valence-corrected chi connectivity index (χ2v) is 6.67. The van der Waals surface area contributed by atoms with Crippen LogP contribution in [0, 0.1) is 0 Å². The van der Waals surface area contributed by atoms with Gasteiger partial charge in [-0.25, -0.2) is 0 Å². The summed E-state index contributed by atoms with van der Waals surface area (Å²) >= 11 is 0. The maximum atomic E-state index is 10.4. The van der Waals surface area contributed by atoms with Crippen molar-refractivity contribution >= 4 is 5.97 Å². The molecular weight excluding hydrogens is 332 g/mol. The van der Waals surface area contributed by atoms with Gasteiger partial charge in [-0.05, 0) is 19.3 Å². The first-order chi connectivity index (χ1) is 13.3. The van der Waals surface area contributed by atoms with E-state index in [1.54, 1.807) is 6.08 Å². The highest BCUT2D eigenvalue weighted by molar-refractivity contribution is 5.66. The average Bonchev–Trinajstić information content (AvgIpc) is 2.65. The van der Waals surface area contributed by atoms with E-state index in [1.165, 1.54) is 51.4 Å². The summed E-state index contributed by atoms with van der Waals surface area (Å²) in [5.74, 6) is -0.668.